The van der Waals surface area contributed by atoms with Gasteiger partial charge in [-0.1, -0.05) is 71.4 Å². The first kappa shape index (κ1) is 19.9. The Morgan fingerprint density at radius 1 is 1.00 bits per heavy atom. The Balaban J connectivity index is 2.11. The van der Waals surface area contributed by atoms with Gasteiger partial charge in [0.2, 0.25) is 0 Å². The van der Waals surface area contributed by atoms with Crippen molar-refractivity contribution in [2.45, 2.75) is 29.8 Å². The summed E-state index contributed by atoms with van der Waals surface area (Å²) in [4.78, 5) is 13.7. The second kappa shape index (κ2) is 8.42. The third-order valence-corrected chi connectivity index (χ3v) is 5.60. The lowest BCUT2D eigenvalue weighted by Crippen LogP contribution is -2.24. The molecule has 0 radical (unpaired) electrons. The molecule has 3 nitrogen and oxygen atoms in total. The van der Waals surface area contributed by atoms with Crippen molar-refractivity contribution in [1.82, 2.24) is 9.13 Å². The third kappa shape index (κ3) is 4.52. The molecule has 0 unspecified atom stereocenters. The molecule has 0 bridgehead atoms. The predicted octanol–water partition coefficient (Wildman–Crippen LogP) is 6.40. The number of nitrogens with zero attached hydrogens (tertiary/aromatic N) is 2. The second-order valence-corrected chi connectivity index (χ2v) is 8.38. The van der Waals surface area contributed by atoms with E-state index in [-0.39, 0.29) is 11.7 Å². The minimum absolute atomic E-state index is 0.0275. The summed E-state index contributed by atoms with van der Waals surface area (Å²) in [5.41, 5.74) is 1.87. The normalized spacial score (nSPS) is 11.6. The van der Waals surface area contributed by atoms with E-state index in [1.165, 1.54) is 11.8 Å². The van der Waals surface area contributed by atoms with Gasteiger partial charge in [0.15, 0.2) is 0 Å². The highest BCUT2D eigenvalue weighted by Crippen LogP contribution is 2.35. The van der Waals surface area contributed by atoms with Crippen molar-refractivity contribution < 1.29 is 0 Å². The first-order valence-corrected chi connectivity index (χ1v) is 10.1. The molecule has 27 heavy (non-hydrogen) atoms. The quantitative estimate of drug-likeness (QED) is 0.479. The van der Waals surface area contributed by atoms with Gasteiger partial charge in [-0.05, 0) is 43.7 Å². The maximum Gasteiger partial charge on any atom is 0.329 e. The van der Waals surface area contributed by atoms with Crippen molar-refractivity contribution in [3.05, 3.63) is 80.3 Å². The Bertz CT molecular complexity index is 1020. The molecular weight excluding hydrogens is 399 g/mol. The Kier molecular flexibility index (Phi) is 6.20. The van der Waals surface area contributed by atoms with Crippen molar-refractivity contribution in [2.24, 2.45) is 7.05 Å². The van der Waals surface area contributed by atoms with E-state index < -0.39 is 0 Å². The lowest BCUT2D eigenvalue weighted by atomic mass is 10.2. The van der Waals surface area contributed by atoms with E-state index in [1.54, 1.807) is 22.2 Å². The van der Waals surface area contributed by atoms with E-state index in [0.29, 0.717) is 10.0 Å². The fourth-order valence-corrected chi connectivity index (χ4v) is 4.74. The number of rotatable bonds is 5. The smallest absolute Gasteiger partial charge is 0.294 e. The van der Waals surface area contributed by atoms with Crippen molar-refractivity contribution in [3.8, 4) is 0 Å². The van der Waals surface area contributed by atoms with Gasteiger partial charge in [0, 0.05) is 28.0 Å². The zero-order valence-corrected chi connectivity index (χ0v) is 17.6. The summed E-state index contributed by atoms with van der Waals surface area (Å²) in [6.45, 7) is 4.00. The van der Waals surface area contributed by atoms with Crippen LogP contribution in [0.3, 0.4) is 0 Å². The van der Waals surface area contributed by atoms with Crippen molar-refractivity contribution in [2.75, 3.05) is 0 Å². The SMILES string of the molecule is CC(C)n1c(Sc2cc(Cl)cc(Cl)c2)c(C=Cc2ccccc2)n(C)c1=O. The van der Waals surface area contributed by atoms with Crippen LogP contribution in [0.1, 0.15) is 31.1 Å². The van der Waals surface area contributed by atoms with Gasteiger partial charge in [-0.15, -0.1) is 0 Å². The molecule has 0 fully saturated rings. The van der Waals surface area contributed by atoms with Crippen LogP contribution in [-0.2, 0) is 7.05 Å². The summed E-state index contributed by atoms with van der Waals surface area (Å²) in [6.07, 6.45) is 3.98. The highest BCUT2D eigenvalue weighted by molar-refractivity contribution is 7.99. The maximum atomic E-state index is 12.8. The van der Waals surface area contributed by atoms with Gasteiger partial charge < -0.3 is 0 Å². The van der Waals surface area contributed by atoms with Crippen LogP contribution in [0, 0.1) is 0 Å². The second-order valence-electron chi connectivity index (χ2n) is 6.45. The molecule has 2 aromatic carbocycles. The van der Waals surface area contributed by atoms with E-state index in [2.05, 4.69) is 0 Å². The molecule has 0 N–H and O–H groups in total. The number of imidazole rings is 1. The molecule has 6 heteroatoms. The molecule has 0 aliphatic rings. The van der Waals surface area contributed by atoms with Crippen LogP contribution < -0.4 is 5.69 Å². The van der Waals surface area contributed by atoms with Crippen LogP contribution in [0.25, 0.3) is 12.2 Å². The summed E-state index contributed by atoms with van der Waals surface area (Å²) < 4.78 is 3.47. The molecule has 1 aromatic heterocycles. The van der Waals surface area contributed by atoms with Crippen molar-refractivity contribution in [3.63, 3.8) is 0 Å². The number of hydrogen-bond donors (Lipinski definition) is 0. The highest BCUT2D eigenvalue weighted by atomic mass is 35.5. The Labute approximate surface area is 173 Å². The van der Waals surface area contributed by atoms with Crippen LogP contribution in [0.5, 0.6) is 0 Å². The van der Waals surface area contributed by atoms with Crippen molar-refractivity contribution in [1.29, 1.82) is 0 Å². The number of aromatic nitrogens is 2. The minimum Gasteiger partial charge on any atom is -0.294 e. The molecule has 0 saturated heterocycles. The molecular formula is C21H20Cl2N2OS. The van der Waals surface area contributed by atoms with Gasteiger partial charge in [-0.3, -0.25) is 9.13 Å². The standard InChI is InChI=1S/C21H20Cl2N2OS/c1-14(2)25-20(27-18-12-16(22)11-17(23)13-18)19(24(3)21(25)26)10-9-15-7-5-4-6-8-15/h4-14H,1-3H3. The van der Waals surface area contributed by atoms with Gasteiger partial charge >= 0.3 is 5.69 Å². The lowest BCUT2D eigenvalue weighted by molar-refractivity contribution is 0.533. The Hall–Kier alpha value is -1.88. The lowest BCUT2D eigenvalue weighted by Gasteiger charge is -2.11. The fourth-order valence-electron chi connectivity index (χ4n) is 2.80. The first-order chi connectivity index (χ1) is 12.9. The predicted molar refractivity (Wildman–Crippen MR) is 116 cm³/mol. The van der Waals surface area contributed by atoms with Crippen LogP contribution in [0.2, 0.25) is 10.0 Å². The largest absolute Gasteiger partial charge is 0.329 e. The Morgan fingerprint density at radius 3 is 2.22 bits per heavy atom. The first-order valence-electron chi connectivity index (χ1n) is 8.55. The monoisotopic (exact) mass is 418 g/mol. The van der Waals surface area contributed by atoms with Crippen LogP contribution in [-0.4, -0.2) is 9.13 Å². The number of benzene rings is 2. The van der Waals surface area contributed by atoms with E-state index in [0.717, 1.165) is 21.2 Å². The molecule has 0 aliphatic carbocycles. The molecule has 1 heterocycles. The highest BCUT2D eigenvalue weighted by Gasteiger charge is 2.19. The van der Waals surface area contributed by atoms with E-state index in [9.17, 15) is 4.79 Å². The van der Waals surface area contributed by atoms with Gasteiger partial charge in [0.05, 0.1) is 5.69 Å². The van der Waals surface area contributed by atoms with Gasteiger partial charge in [-0.25, -0.2) is 4.79 Å². The fraction of sp³-hybridized carbons (Fsp3) is 0.190. The van der Waals surface area contributed by atoms with E-state index >= 15 is 0 Å². The molecule has 0 saturated carbocycles. The number of halogens is 2. The van der Waals surface area contributed by atoms with Gasteiger partial charge in [-0.2, -0.15) is 0 Å². The summed E-state index contributed by atoms with van der Waals surface area (Å²) in [7, 11) is 1.79. The van der Waals surface area contributed by atoms with E-state index in [1.807, 2.05) is 68.5 Å². The number of hydrogen-bond acceptors (Lipinski definition) is 2. The molecule has 140 valence electrons. The molecule has 0 aliphatic heterocycles. The summed E-state index contributed by atoms with van der Waals surface area (Å²) >= 11 is 13.8. The van der Waals surface area contributed by atoms with Gasteiger partial charge in [0.1, 0.15) is 5.03 Å². The molecule has 3 rings (SSSR count). The molecule has 0 atom stereocenters. The van der Waals surface area contributed by atoms with Crippen molar-refractivity contribution >= 4 is 47.1 Å². The van der Waals surface area contributed by atoms with Crippen LogP contribution in [0.15, 0.2) is 63.2 Å². The Morgan fingerprint density at radius 2 is 1.63 bits per heavy atom. The summed E-state index contributed by atoms with van der Waals surface area (Å²) in [6, 6.07) is 15.4. The average Bonchev–Trinajstić information content (AvgIpc) is 2.83. The van der Waals surface area contributed by atoms with Crippen LogP contribution >= 0.6 is 35.0 Å². The molecule has 3 aromatic rings. The van der Waals surface area contributed by atoms with E-state index in [4.69, 9.17) is 23.2 Å². The zero-order valence-electron chi connectivity index (χ0n) is 15.3. The molecule has 0 amide bonds. The molecule has 0 spiro atoms. The van der Waals surface area contributed by atoms with Gasteiger partial charge in [0.25, 0.3) is 0 Å². The summed E-state index contributed by atoms with van der Waals surface area (Å²) in [5.74, 6) is 0. The zero-order chi connectivity index (χ0) is 19.6. The van der Waals surface area contributed by atoms with Crippen LogP contribution in [0.4, 0.5) is 0 Å². The average molecular weight is 419 g/mol. The topological polar surface area (TPSA) is 26.9 Å². The summed E-state index contributed by atoms with van der Waals surface area (Å²) in [5, 5.41) is 2.00. The minimum atomic E-state index is -0.0478. The third-order valence-electron chi connectivity index (χ3n) is 4.09. The maximum absolute atomic E-state index is 12.8.